The number of fused-ring (bicyclic) bond motifs is 3. The van der Waals surface area contributed by atoms with Crippen molar-refractivity contribution in [3.05, 3.63) is 71.8 Å². The van der Waals surface area contributed by atoms with Crippen LogP contribution in [0.2, 0.25) is 0 Å². The molecule has 4 fully saturated rings. The molecule has 1 aliphatic carbocycles. The Hall–Kier alpha value is -2.17. The number of carbonyl (C=O) groups excluding carboxylic acids is 1. The van der Waals surface area contributed by atoms with Gasteiger partial charge in [-0.25, -0.2) is 4.79 Å². The predicted octanol–water partition coefficient (Wildman–Crippen LogP) is 5.37. The van der Waals surface area contributed by atoms with Gasteiger partial charge >= 0.3 is 5.97 Å². The lowest BCUT2D eigenvalue weighted by Gasteiger charge is -2.55. The van der Waals surface area contributed by atoms with Crippen LogP contribution in [-0.4, -0.2) is 41.3 Å². The van der Waals surface area contributed by atoms with E-state index >= 15 is 0 Å². The number of rotatable bonds is 6. The zero-order valence-corrected chi connectivity index (χ0v) is 19.9. The summed E-state index contributed by atoms with van der Waals surface area (Å²) in [7, 11) is 0. The maximum absolute atomic E-state index is 13.8. The third-order valence-corrected chi connectivity index (χ3v) is 9.04. The van der Waals surface area contributed by atoms with E-state index < -0.39 is 11.6 Å². The minimum absolute atomic E-state index is 0.0754. The number of aliphatic hydroxyl groups is 1. The first-order valence-corrected chi connectivity index (χ1v) is 12.9. The molecule has 3 aliphatic heterocycles. The first kappa shape index (κ1) is 22.6. The maximum Gasteiger partial charge on any atom is 0.343 e. The van der Waals surface area contributed by atoms with Crippen molar-refractivity contribution in [2.45, 2.75) is 69.6 Å². The predicted molar refractivity (Wildman–Crippen MR) is 129 cm³/mol. The van der Waals surface area contributed by atoms with Crippen molar-refractivity contribution in [2.24, 2.45) is 11.8 Å². The van der Waals surface area contributed by atoms with E-state index in [2.05, 4.69) is 37.3 Å². The molecule has 0 spiro atoms. The van der Waals surface area contributed by atoms with E-state index in [9.17, 15) is 9.90 Å². The molecule has 3 atom stereocenters. The second-order valence-corrected chi connectivity index (χ2v) is 10.7. The van der Waals surface area contributed by atoms with Crippen molar-refractivity contribution in [3.8, 4) is 0 Å². The zero-order chi connectivity index (χ0) is 22.9. The highest BCUT2D eigenvalue weighted by Crippen LogP contribution is 2.45. The molecule has 2 bridgehead atoms. The van der Waals surface area contributed by atoms with Crippen molar-refractivity contribution in [3.63, 3.8) is 0 Å². The van der Waals surface area contributed by atoms with Crippen molar-refractivity contribution in [2.75, 3.05) is 19.6 Å². The third kappa shape index (κ3) is 4.13. The van der Waals surface area contributed by atoms with Gasteiger partial charge in [-0.1, -0.05) is 79.9 Å². The molecule has 6 rings (SSSR count). The Balaban J connectivity index is 1.39. The van der Waals surface area contributed by atoms with Crippen LogP contribution in [0.4, 0.5) is 0 Å². The first-order valence-electron chi connectivity index (χ1n) is 12.9. The number of nitrogens with zero attached hydrogens (tertiary/aromatic N) is 1. The quantitative estimate of drug-likeness (QED) is 0.477. The minimum Gasteiger partial charge on any atom is -0.454 e. The van der Waals surface area contributed by atoms with E-state index in [1.807, 2.05) is 30.3 Å². The van der Waals surface area contributed by atoms with Crippen LogP contribution in [0.15, 0.2) is 60.7 Å². The van der Waals surface area contributed by atoms with E-state index in [1.54, 1.807) is 0 Å². The van der Waals surface area contributed by atoms with Gasteiger partial charge in [0.25, 0.3) is 0 Å². The standard InChI is InChI=1S/C29H38NO3/c1-22(23-11-5-2-6-12-23)30-19-17-24(18-20-30)27(21-30)33-28(31)29(32,25-13-7-3-8-14-25)26-15-9-4-10-16-26/h2-3,5-8,11-14,22,24,26-27,32H,4,9-10,15-21H2,1H3/q+1/t22?,24?,27-,29-,30?/m0/s1. The van der Waals surface area contributed by atoms with Gasteiger partial charge < -0.3 is 14.3 Å². The fourth-order valence-electron chi connectivity index (χ4n) is 6.85. The molecule has 2 aromatic carbocycles. The summed E-state index contributed by atoms with van der Waals surface area (Å²) in [6, 6.07) is 20.6. The van der Waals surface area contributed by atoms with E-state index in [1.165, 1.54) is 12.0 Å². The number of hydrogen-bond donors (Lipinski definition) is 1. The van der Waals surface area contributed by atoms with E-state index in [-0.39, 0.29) is 12.0 Å². The summed E-state index contributed by atoms with van der Waals surface area (Å²) >= 11 is 0. The van der Waals surface area contributed by atoms with Gasteiger partial charge in [-0.05, 0) is 25.3 Å². The Kier molecular flexibility index (Phi) is 6.32. The second-order valence-electron chi connectivity index (χ2n) is 10.7. The van der Waals surface area contributed by atoms with Crippen LogP contribution in [0.25, 0.3) is 0 Å². The third-order valence-electron chi connectivity index (χ3n) is 9.04. The van der Waals surface area contributed by atoms with Crippen LogP contribution >= 0.6 is 0 Å². The second kappa shape index (κ2) is 9.23. The van der Waals surface area contributed by atoms with Gasteiger partial charge in [0.1, 0.15) is 12.6 Å². The highest BCUT2D eigenvalue weighted by atomic mass is 16.6. The summed E-state index contributed by atoms with van der Waals surface area (Å²) < 4.78 is 7.28. The summed E-state index contributed by atoms with van der Waals surface area (Å²) in [5.74, 6) is -0.0956. The summed E-state index contributed by atoms with van der Waals surface area (Å²) in [6.45, 7) is 5.45. The smallest absolute Gasteiger partial charge is 0.343 e. The Morgan fingerprint density at radius 1 is 0.939 bits per heavy atom. The van der Waals surface area contributed by atoms with Gasteiger partial charge in [-0.2, -0.15) is 0 Å². The van der Waals surface area contributed by atoms with Gasteiger partial charge in [0, 0.05) is 30.2 Å². The van der Waals surface area contributed by atoms with Crippen molar-refractivity contribution in [1.29, 1.82) is 0 Å². The van der Waals surface area contributed by atoms with Crippen LogP contribution in [-0.2, 0) is 15.1 Å². The minimum atomic E-state index is -1.55. The van der Waals surface area contributed by atoms with Gasteiger partial charge in [0.05, 0.1) is 13.1 Å². The molecule has 3 saturated heterocycles. The molecule has 4 heteroatoms. The molecule has 33 heavy (non-hydrogen) atoms. The molecule has 0 amide bonds. The molecule has 176 valence electrons. The average molecular weight is 449 g/mol. The topological polar surface area (TPSA) is 46.5 Å². The van der Waals surface area contributed by atoms with Crippen LogP contribution < -0.4 is 0 Å². The van der Waals surface area contributed by atoms with Gasteiger partial charge in [0.2, 0.25) is 0 Å². The summed E-state index contributed by atoms with van der Waals surface area (Å²) in [4.78, 5) is 13.8. The molecule has 1 unspecified atom stereocenters. The molecular weight excluding hydrogens is 410 g/mol. The normalized spacial score (nSPS) is 30.4. The summed E-state index contributed by atoms with van der Waals surface area (Å²) in [6.07, 6.45) is 7.11. The highest BCUT2D eigenvalue weighted by Gasteiger charge is 2.53. The molecule has 1 N–H and O–H groups in total. The number of ether oxygens (including phenoxy) is 1. The van der Waals surface area contributed by atoms with Gasteiger partial charge in [-0.3, -0.25) is 0 Å². The highest BCUT2D eigenvalue weighted by molar-refractivity contribution is 5.81. The number of quaternary nitrogens is 1. The lowest BCUT2D eigenvalue weighted by atomic mass is 9.73. The number of carbonyl (C=O) groups is 1. The fourth-order valence-corrected chi connectivity index (χ4v) is 6.85. The van der Waals surface area contributed by atoms with Crippen molar-refractivity contribution in [1.82, 2.24) is 0 Å². The Bertz CT molecular complexity index is 932. The van der Waals surface area contributed by atoms with Crippen LogP contribution in [0.5, 0.6) is 0 Å². The average Bonchev–Trinajstić information content (AvgIpc) is 2.90. The summed E-state index contributed by atoms with van der Waals surface area (Å²) in [5.41, 5.74) is 0.486. The lowest BCUT2D eigenvalue weighted by Crippen LogP contribution is -2.65. The molecule has 4 aliphatic rings. The molecular formula is C29H38NO3+. The van der Waals surface area contributed by atoms with E-state index in [0.29, 0.717) is 17.5 Å². The SMILES string of the molecule is CC(c1ccccc1)[N+]12CCC(CC1)[C@@H](OC(=O)[C@](O)(c1ccccc1)C1CCCCC1)C2. The molecule has 1 saturated carbocycles. The number of hydrogen-bond acceptors (Lipinski definition) is 3. The number of benzene rings is 2. The van der Waals surface area contributed by atoms with Crippen LogP contribution in [0.3, 0.4) is 0 Å². The van der Waals surface area contributed by atoms with Crippen molar-refractivity contribution < 1.29 is 19.1 Å². The van der Waals surface area contributed by atoms with Gasteiger partial charge in [0.15, 0.2) is 11.7 Å². The monoisotopic (exact) mass is 448 g/mol. The molecule has 0 radical (unpaired) electrons. The Morgan fingerprint density at radius 2 is 1.55 bits per heavy atom. The molecule has 4 nitrogen and oxygen atoms in total. The Morgan fingerprint density at radius 3 is 2.18 bits per heavy atom. The first-order chi connectivity index (χ1) is 16.0. The van der Waals surface area contributed by atoms with E-state index in [4.69, 9.17) is 4.74 Å². The Labute approximate surface area is 198 Å². The number of piperidine rings is 3. The van der Waals surface area contributed by atoms with Crippen LogP contribution in [0.1, 0.15) is 69.0 Å². The molecule has 3 heterocycles. The zero-order valence-electron chi connectivity index (χ0n) is 19.9. The maximum atomic E-state index is 13.8. The lowest BCUT2D eigenvalue weighted by molar-refractivity contribution is -0.972. The largest absolute Gasteiger partial charge is 0.454 e. The van der Waals surface area contributed by atoms with E-state index in [0.717, 1.165) is 62.6 Å². The molecule has 2 aromatic rings. The van der Waals surface area contributed by atoms with Gasteiger partial charge in [-0.15, -0.1) is 0 Å². The fraction of sp³-hybridized carbons (Fsp3) is 0.552. The van der Waals surface area contributed by atoms with Crippen molar-refractivity contribution >= 4 is 5.97 Å². The molecule has 0 aromatic heterocycles. The number of esters is 1. The summed E-state index contributed by atoms with van der Waals surface area (Å²) in [5, 5.41) is 11.9. The van der Waals surface area contributed by atoms with Crippen LogP contribution in [0, 0.1) is 11.8 Å².